The Balaban J connectivity index is 2.10. The molecule has 0 aliphatic rings. The molecule has 2 aromatic carbocycles. The van der Waals surface area contributed by atoms with Gasteiger partial charge in [-0.3, -0.25) is 0 Å². The van der Waals surface area contributed by atoms with E-state index in [9.17, 15) is 0 Å². The van der Waals surface area contributed by atoms with Crippen LogP contribution >= 0.6 is 0 Å². The van der Waals surface area contributed by atoms with Crippen molar-refractivity contribution in [3.05, 3.63) is 71.3 Å². The van der Waals surface area contributed by atoms with Gasteiger partial charge in [0.05, 0.1) is 0 Å². The summed E-state index contributed by atoms with van der Waals surface area (Å²) >= 11 is 0. The zero-order valence-electron chi connectivity index (χ0n) is 11.2. The lowest BCUT2D eigenvalue weighted by Gasteiger charge is -2.25. The molecule has 94 valence electrons. The van der Waals surface area contributed by atoms with Crippen molar-refractivity contribution < 1.29 is 0 Å². The molecule has 0 heterocycles. The zero-order valence-corrected chi connectivity index (χ0v) is 11.2. The lowest BCUT2D eigenvalue weighted by atomic mass is 9.86. The Kier molecular flexibility index (Phi) is 3.83. The van der Waals surface area contributed by atoms with Crippen LogP contribution in [0.5, 0.6) is 0 Å². The van der Waals surface area contributed by atoms with E-state index >= 15 is 0 Å². The van der Waals surface area contributed by atoms with Crippen LogP contribution in [0, 0.1) is 6.92 Å². The standard InChI is InChI=1S/C17H21N/c1-14-8-6-7-11-16(14)13-17(2,18)12-15-9-4-3-5-10-15/h3-11H,12-13,18H2,1-2H3. The lowest BCUT2D eigenvalue weighted by molar-refractivity contribution is 0.462. The van der Waals surface area contributed by atoms with Crippen molar-refractivity contribution in [3.63, 3.8) is 0 Å². The van der Waals surface area contributed by atoms with Crippen LogP contribution < -0.4 is 5.73 Å². The molecule has 0 saturated heterocycles. The van der Waals surface area contributed by atoms with E-state index < -0.39 is 0 Å². The van der Waals surface area contributed by atoms with Crippen LogP contribution in [-0.4, -0.2) is 5.54 Å². The molecule has 2 N–H and O–H groups in total. The molecule has 0 aromatic heterocycles. The highest BCUT2D eigenvalue weighted by atomic mass is 14.7. The molecule has 0 amide bonds. The number of aryl methyl sites for hydroxylation is 1. The minimum atomic E-state index is -0.201. The van der Waals surface area contributed by atoms with Crippen molar-refractivity contribution in [1.82, 2.24) is 0 Å². The minimum Gasteiger partial charge on any atom is -0.325 e. The third-order valence-electron chi connectivity index (χ3n) is 3.31. The van der Waals surface area contributed by atoms with Gasteiger partial charge >= 0.3 is 0 Å². The van der Waals surface area contributed by atoms with Gasteiger partial charge in [-0.15, -0.1) is 0 Å². The molecule has 2 rings (SSSR count). The van der Waals surface area contributed by atoms with Gasteiger partial charge in [-0.25, -0.2) is 0 Å². The van der Waals surface area contributed by atoms with Crippen molar-refractivity contribution >= 4 is 0 Å². The van der Waals surface area contributed by atoms with Gasteiger partial charge in [0, 0.05) is 5.54 Å². The van der Waals surface area contributed by atoms with Crippen LogP contribution in [0.2, 0.25) is 0 Å². The van der Waals surface area contributed by atoms with E-state index in [0.29, 0.717) is 0 Å². The fourth-order valence-electron chi connectivity index (χ4n) is 2.37. The van der Waals surface area contributed by atoms with Gasteiger partial charge in [-0.1, -0.05) is 54.6 Å². The SMILES string of the molecule is Cc1ccccc1CC(C)(N)Cc1ccccc1. The summed E-state index contributed by atoms with van der Waals surface area (Å²) in [5.41, 5.74) is 10.2. The first-order valence-electron chi connectivity index (χ1n) is 6.44. The summed E-state index contributed by atoms with van der Waals surface area (Å²) in [7, 11) is 0. The summed E-state index contributed by atoms with van der Waals surface area (Å²) < 4.78 is 0. The number of benzene rings is 2. The Morgan fingerprint density at radius 3 is 2.17 bits per heavy atom. The molecule has 2 aromatic rings. The van der Waals surface area contributed by atoms with E-state index in [1.54, 1.807) is 0 Å². The lowest BCUT2D eigenvalue weighted by Crippen LogP contribution is -2.41. The maximum absolute atomic E-state index is 6.45. The second-order valence-corrected chi connectivity index (χ2v) is 5.42. The Bertz CT molecular complexity index is 500. The van der Waals surface area contributed by atoms with E-state index in [2.05, 4.69) is 62.4 Å². The second-order valence-electron chi connectivity index (χ2n) is 5.42. The molecule has 18 heavy (non-hydrogen) atoms. The molecular formula is C17H21N. The largest absolute Gasteiger partial charge is 0.325 e. The van der Waals surface area contributed by atoms with Crippen LogP contribution in [0.1, 0.15) is 23.6 Å². The number of hydrogen-bond acceptors (Lipinski definition) is 1. The van der Waals surface area contributed by atoms with E-state index in [1.807, 2.05) is 6.07 Å². The predicted molar refractivity (Wildman–Crippen MR) is 77.6 cm³/mol. The van der Waals surface area contributed by atoms with E-state index in [4.69, 9.17) is 5.73 Å². The molecule has 0 spiro atoms. The Labute approximate surface area is 110 Å². The first kappa shape index (κ1) is 12.8. The van der Waals surface area contributed by atoms with Crippen molar-refractivity contribution in [2.75, 3.05) is 0 Å². The minimum absolute atomic E-state index is 0.201. The quantitative estimate of drug-likeness (QED) is 0.868. The molecule has 1 unspecified atom stereocenters. The molecule has 0 aliphatic heterocycles. The first-order chi connectivity index (χ1) is 8.57. The normalized spacial score (nSPS) is 14.2. The van der Waals surface area contributed by atoms with Crippen molar-refractivity contribution in [2.45, 2.75) is 32.2 Å². The highest BCUT2D eigenvalue weighted by molar-refractivity contribution is 5.28. The highest BCUT2D eigenvalue weighted by Crippen LogP contribution is 2.18. The maximum Gasteiger partial charge on any atom is 0.0207 e. The van der Waals surface area contributed by atoms with Gasteiger partial charge in [0.25, 0.3) is 0 Å². The average Bonchev–Trinajstić information content (AvgIpc) is 2.32. The first-order valence-corrected chi connectivity index (χ1v) is 6.44. The molecule has 0 aliphatic carbocycles. The molecule has 0 saturated carbocycles. The van der Waals surface area contributed by atoms with Crippen molar-refractivity contribution in [3.8, 4) is 0 Å². The third kappa shape index (κ3) is 3.44. The molecule has 0 radical (unpaired) electrons. The molecular weight excluding hydrogens is 218 g/mol. The Hall–Kier alpha value is -1.60. The van der Waals surface area contributed by atoms with E-state index in [-0.39, 0.29) is 5.54 Å². The van der Waals surface area contributed by atoms with Crippen LogP contribution in [-0.2, 0) is 12.8 Å². The number of nitrogens with two attached hydrogens (primary N) is 1. The topological polar surface area (TPSA) is 26.0 Å². The summed E-state index contributed by atoms with van der Waals surface area (Å²) in [6, 6.07) is 18.9. The fourth-order valence-corrected chi connectivity index (χ4v) is 2.37. The molecule has 0 bridgehead atoms. The van der Waals surface area contributed by atoms with E-state index in [0.717, 1.165) is 12.8 Å². The predicted octanol–water partition coefficient (Wildman–Crippen LogP) is 3.50. The van der Waals surface area contributed by atoms with Crippen LogP contribution in [0.4, 0.5) is 0 Å². The van der Waals surface area contributed by atoms with Gasteiger partial charge in [0.2, 0.25) is 0 Å². The zero-order chi connectivity index (χ0) is 13.0. The van der Waals surface area contributed by atoms with Gasteiger partial charge < -0.3 is 5.73 Å². The van der Waals surface area contributed by atoms with Crippen LogP contribution in [0.15, 0.2) is 54.6 Å². The van der Waals surface area contributed by atoms with Crippen LogP contribution in [0.3, 0.4) is 0 Å². The summed E-state index contributed by atoms with van der Waals surface area (Å²) in [4.78, 5) is 0. The van der Waals surface area contributed by atoms with Gasteiger partial charge in [-0.05, 0) is 43.4 Å². The van der Waals surface area contributed by atoms with Gasteiger partial charge in [0.15, 0.2) is 0 Å². The monoisotopic (exact) mass is 239 g/mol. The maximum atomic E-state index is 6.45. The highest BCUT2D eigenvalue weighted by Gasteiger charge is 2.20. The smallest absolute Gasteiger partial charge is 0.0207 e. The average molecular weight is 239 g/mol. The Morgan fingerprint density at radius 2 is 1.50 bits per heavy atom. The van der Waals surface area contributed by atoms with Crippen molar-refractivity contribution in [2.24, 2.45) is 5.73 Å². The third-order valence-corrected chi connectivity index (χ3v) is 3.31. The van der Waals surface area contributed by atoms with Gasteiger partial charge in [0.1, 0.15) is 0 Å². The van der Waals surface area contributed by atoms with Crippen LogP contribution in [0.25, 0.3) is 0 Å². The van der Waals surface area contributed by atoms with E-state index in [1.165, 1.54) is 16.7 Å². The molecule has 1 atom stereocenters. The molecule has 1 nitrogen and oxygen atoms in total. The van der Waals surface area contributed by atoms with Gasteiger partial charge in [-0.2, -0.15) is 0 Å². The second kappa shape index (κ2) is 5.36. The number of rotatable bonds is 4. The number of hydrogen-bond donors (Lipinski definition) is 1. The fraction of sp³-hybridized carbons (Fsp3) is 0.294. The Morgan fingerprint density at radius 1 is 0.889 bits per heavy atom. The molecule has 1 heteroatoms. The molecule has 0 fully saturated rings. The van der Waals surface area contributed by atoms with Crippen molar-refractivity contribution in [1.29, 1.82) is 0 Å². The summed E-state index contributed by atoms with van der Waals surface area (Å²) in [6.45, 7) is 4.28. The summed E-state index contributed by atoms with van der Waals surface area (Å²) in [6.07, 6.45) is 1.82. The summed E-state index contributed by atoms with van der Waals surface area (Å²) in [5.74, 6) is 0. The summed E-state index contributed by atoms with van der Waals surface area (Å²) in [5, 5.41) is 0.